The number of carbonyl (C=O) groups is 1. The van der Waals surface area contributed by atoms with E-state index in [1.165, 1.54) is 0 Å². The summed E-state index contributed by atoms with van der Waals surface area (Å²) in [5, 5.41) is 0. The summed E-state index contributed by atoms with van der Waals surface area (Å²) in [7, 11) is 0. The molecule has 0 spiro atoms. The maximum absolute atomic E-state index is 14.5. The molecule has 6 heteroatoms. The van der Waals surface area contributed by atoms with E-state index in [9.17, 15) is 13.6 Å². The van der Waals surface area contributed by atoms with Gasteiger partial charge in [0.1, 0.15) is 5.60 Å². The number of ether oxygens (including phenoxy) is 1. The average molecular weight is 352 g/mol. The Hall–Kier alpha value is -1.69. The van der Waals surface area contributed by atoms with E-state index in [0.717, 1.165) is 5.56 Å². The molecule has 0 aromatic heterocycles. The molecule has 0 unspecified atom stereocenters. The van der Waals surface area contributed by atoms with Crippen molar-refractivity contribution >= 4 is 6.09 Å². The Kier molecular flexibility index (Phi) is 4.75. The molecular formula is C19H26F2N2O2. The molecule has 0 N–H and O–H groups in total. The summed E-state index contributed by atoms with van der Waals surface area (Å²) in [6.07, 6.45) is -0.108. The van der Waals surface area contributed by atoms with Crippen molar-refractivity contribution < 1.29 is 18.3 Å². The summed E-state index contributed by atoms with van der Waals surface area (Å²) >= 11 is 0. The molecule has 2 heterocycles. The van der Waals surface area contributed by atoms with Crippen LogP contribution in [0, 0.1) is 5.92 Å². The first kappa shape index (κ1) is 18.1. The number of carbonyl (C=O) groups excluding carboxylic acids is 1. The molecule has 2 saturated heterocycles. The van der Waals surface area contributed by atoms with Crippen molar-refractivity contribution in [2.24, 2.45) is 5.92 Å². The van der Waals surface area contributed by atoms with E-state index >= 15 is 0 Å². The van der Waals surface area contributed by atoms with Crippen molar-refractivity contribution in [3.63, 3.8) is 0 Å². The summed E-state index contributed by atoms with van der Waals surface area (Å²) in [4.78, 5) is 15.7. The van der Waals surface area contributed by atoms with Crippen LogP contribution in [-0.2, 0) is 11.3 Å². The van der Waals surface area contributed by atoms with E-state index in [1.807, 2.05) is 56.0 Å². The summed E-state index contributed by atoms with van der Waals surface area (Å²) in [6.45, 7) is 6.27. The van der Waals surface area contributed by atoms with E-state index in [4.69, 9.17) is 4.74 Å². The predicted molar refractivity (Wildman–Crippen MR) is 91.5 cm³/mol. The standard InChI is InChI=1S/C19H26F2N2O2/c1-18(2,3)25-17(24)22-10-9-15-16(12-22)23(13-19(15,20)21)11-14-7-5-4-6-8-14/h4-8,15-16H,9-13H2,1-3H3/t15-,16+/m1/s1. The number of likely N-dealkylation sites (tertiary alicyclic amines) is 2. The third-order valence-corrected chi connectivity index (χ3v) is 4.89. The molecule has 138 valence electrons. The van der Waals surface area contributed by atoms with Crippen molar-refractivity contribution in [1.29, 1.82) is 0 Å². The number of benzene rings is 1. The molecule has 4 nitrogen and oxygen atoms in total. The Morgan fingerprint density at radius 1 is 1.28 bits per heavy atom. The molecule has 3 rings (SSSR count). The smallest absolute Gasteiger partial charge is 0.410 e. The molecule has 2 aliphatic heterocycles. The highest BCUT2D eigenvalue weighted by Gasteiger charge is 2.56. The van der Waals surface area contributed by atoms with Crippen LogP contribution < -0.4 is 0 Å². The Morgan fingerprint density at radius 3 is 2.60 bits per heavy atom. The van der Waals surface area contributed by atoms with Crippen LogP contribution in [-0.4, -0.2) is 53.1 Å². The van der Waals surface area contributed by atoms with Gasteiger partial charge in [-0.3, -0.25) is 4.90 Å². The van der Waals surface area contributed by atoms with Gasteiger partial charge in [-0.1, -0.05) is 30.3 Å². The van der Waals surface area contributed by atoms with Crippen LogP contribution in [0.3, 0.4) is 0 Å². The van der Waals surface area contributed by atoms with Gasteiger partial charge in [-0.15, -0.1) is 0 Å². The summed E-state index contributed by atoms with van der Waals surface area (Å²) < 4.78 is 34.3. The molecule has 2 fully saturated rings. The van der Waals surface area contributed by atoms with Gasteiger partial charge in [0.25, 0.3) is 5.92 Å². The Bertz CT molecular complexity index is 616. The van der Waals surface area contributed by atoms with E-state index < -0.39 is 23.5 Å². The first-order chi connectivity index (χ1) is 11.7. The van der Waals surface area contributed by atoms with Gasteiger partial charge in [0.05, 0.1) is 6.54 Å². The van der Waals surface area contributed by atoms with Crippen molar-refractivity contribution in [1.82, 2.24) is 9.80 Å². The zero-order valence-corrected chi connectivity index (χ0v) is 15.0. The fourth-order valence-corrected chi connectivity index (χ4v) is 3.78. The highest BCUT2D eigenvalue weighted by atomic mass is 19.3. The molecule has 0 saturated carbocycles. The van der Waals surface area contributed by atoms with Gasteiger partial charge in [0.2, 0.25) is 0 Å². The quantitative estimate of drug-likeness (QED) is 0.812. The number of nitrogens with zero attached hydrogens (tertiary/aromatic N) is 2. The van der Waals surface area contributed by atoms with Crippen LogP contribution in [0.1, 0.15) is 32.8 Å². The molecule has 2 aliphatic rings. The topological polar surface area (TPSA) is 32.8 Å². The zero-order chi connectivity index (χ0) is 18.2. The fourth-order valence-electron chi connectivity index (χ4n) is 3.78. The molecule has 1 aromatic rings. The SMILES string of the molecule is CC(C)(C)OC(=O)N1CC[C@@H]2[C@H](C1)N(Cc1ccccc1)CC2(F)F. The molecule has 0 aliphatic carbocycles. The third-order valence-electron chi connectivity index (χ3n) is 4.89. The highest BCUT2D eigenvalue weighted by molar-refractivity contribution is 5.68. The van der Waals surface area contributed by atoms with Gasteiger partial charge in [0.15, 0.2) is 0 Å². The second-order valence-electron chi connectivity index (χ2n) is 8.04. The van der Waals surface area contributed by atoms with Crippen LogP contribution >= 0.6 is 0 Å². The number of halogens is 2. The predicted octanol–water partition coefficient (Wildman–Crippen LogP) is 3.76. The maximum atomic E-state index is 14.5. The van der Waals surface area contributed by atoms with Crippen LogP contribution in [0.5, 0.6) is 0 Å². The van der Waals surface area contributed by atoms with E-state index in [2.05, 4.69) is 0 Å². The van der Waals surface area contributed by atoms with Crippen LogP contribution in [0.25, 0.3) is 0 Å². The van der Waals surface area contributed by atoms with E-state index in [1.54, 1.807) is 4.90 Å². The van der Waals surface area contributed by atoms with Crippen molar-refractivity contribution in [3.05, 3.63) is 35.9 Å². The second-order valence-corrected chi connectivity index (χ2v) is 8.04. The molecule has 1 aromatic carbocycles. The number of rotatable bonds is 2. The summed E-state index contributed by atoms with van der Waals surface area (Å²) in [5.74, 6) is -3.41. The Labute approximate surface area is 147 Å². The number of hydrogen-bond donors (Lipinski definition) is 0. The lowest BCUT2D eigenvalue weighted by Gasteiger charge is -2.39. The lowest BCUT2D eigenvalue weighted by molar-refractivity contribution is -0.0480. The number of amides is 1. The van der Waals surface area contributed by atoms with Crippen molar-refractivity contribution in [2.45, 2.75) is 51.3 Å². The number of fused-ring (bicyclic) bond motifs is 1. The van der Waals surface area contributed by atoms with E-state index in [0.29, 0.717) is 26.1 Å². The third kappa shape index (κ3) is 4.11. The van der Waals surface area contributed by atoms with Crippen molar-refractivity contribution in [2.75, 3.05) is 19.6 Å². The zero-order valence-electron chi connectivity index (χ0n) is 15.0. The van der Waals surface area contributed by atoms with Crippen LogP contribution in [0.2, 0.25) is 0 Å². The summed E-state index contributed by atoms with van der Waals surface area (Å²) in [6, 6.07) is 9.29. The van der Waals surface area contributed by atoms with Crippen LogP contribution in [0.4, 0.5) is 13.6 Å². The first-order valence-electron chi connectivity index (χ1n) is 8.79. The van der Waals surface area contributed by atoms with Gasteiger partial charge in [-0.2, -0.15) is 0 Å². The van der Waals surface area contributed by atoms with Crippen molar-refractivity contribution in [3.8, 4) is 0 Å². The minimum atomic E-state index is -2.71. The summed E-state index contributed by atoms with van der Waals surface area (Å²) in [5.41, 5.74) is 0.422. The largest absolute Gasteiger partial charge is 0.444 e. The molecule has 0 radical (unpaired) electrons. The minimum Gasteiger partial charge on any atom is -0.444 e. The van der Waals surface area contributed by atoms with Gasteiger partial charge >= 0.3 is 6.09 Å². The molecule has 25 heavy (non-hydrogen) atoms. The number of alkyl halides is 2. The highest BCUT2D eigenvalue weighted by Crippen LogP contribution is 2.43. The Balaban J connectivity index is 1.73. The minimum absolute atomic E-state index is 0.251. The average Bonchev–Trinajstić information content (AvgIpc) is 2.77. The molecule has 0 bridgehead atoms. The van der Waals surface area contributed by atoms with Crippen LogP contribution in [0.15, 0.2) is 30.3 Å². The number of hydrogen-bond acceptors (Lipinski definition) is 3. The number of piperidine rings is 1. The molecule has 1 amide bonds. The molecule has 2 atom stereocenters. The first-order valence-corrected chi connectivity index (χ1v) is 8.79. The normalized spacial score (nSPS) is 26.4. The second kappa shape index (κ2) is 6.56. The lowest BCUT2D eigenvalue weighted by atomic mass is 9.90. The Morgan fingerprint density at radius 2 is 1.96 bits per heavy atom. The fraction of sp³-hybridized carbons (Fsp3) is 0.632. The van der Waals surface area contributed by atoms with Gasteiger partial charge < -0.3 is 9.64 Å². The van der Waals surface area contributed by atoms with Gasteiger partial charge in [-0.05, 0) is 32.8 Å². The lowest BCUT2D eigenvalue weighted by Crippen LogP contribution is -2.52. The van der Waals surface area contributed by atoms with Gasteiger partial charge in [0, 0.05) is 31.6 Å². The van der Waals surface area contributed by atoms with Gasteiger partial charge in [-0.25, -0.2) is 13.6 Å². The maximum Gasteiger partial charge on any atom is 0.410 e. The molecular weight excluding hydrogens is 326 g/mol. The monoisotopic (exact) mass is 352 g/mol. The van der Waals surface area contributed by atoms with E-state index in [-0.39, 0.29) is 12.6 Å².